The predicted molar refractivity (Wildman–Crippen MR) is 130 cm³/mol. The summed E-state index contributed by atoms with van der Waals surface area (Å²) in [6.07, 6.45) is 0.194. The van der Waals surface area contributed by atoms with Gasteiger partial charge >= 0.3 is 0 Å². The van der Waals surface area contributed by atoms with Gasteiger partial charge in [0.05, 0.1) is 11.4 Å². The number of rotatable bonds is 6. The number of hydrogen-bond donors (Lipinski definition) is 1. The second-order valence-electron chi connectivity index (χ2n) is 9.60. The summed E-state index contributed by atoms with van der Waals surface area (Å²) in [6, 6.07) is 17.2. The third-order valence-corrected chi connectivity index (χ3v) is 6.64. The van der Waals surface area contributed by atoms with Gasteiger partial charge in [0.25, 0.3) is 0 Å². The normalized spacial score (nSPS) is 25.7. The van der Waals surface area contributed by atoms with Gasteiger partial charge in [-0.15, -0.1) is 0 Å². The minimum atomic E-state index is -1.06. The van der Waals surface area contributed by atoms with Crippen molar-refractivity contribution in [3.8, 4) is 5.88 Å². The first-order valence-corrected chi connectivity index (χ1v) is 12.0. The molecule has 0 amide bonds. The first kappa shape index (κ1) is 23.1. The third-order valence-electron chi connectivity index (χ3n) is 6.64. The zero-order chi connectivity index (χ0) is 24.9. The average Bonchev–Trinajstić information content (AvgIpc) is 3.54. The van der Waals surface area contributed by atoms with Crippen molar-refractivity contribution in [1.29, 1.82) is 0 Å². The molecule has 9 heteroatoms. The molecule has 186 valence electrons. The van der Waals surface area contributed by atoms with Crippen molar-refractivity contribution >= 4 is 11.0 Å². The van der Waals surface area contributed by atoms with Crippen LogP contribution in [-0.2, 0) is 20.8 Å². The van der Waals surface area contributed by atoms with Crippen LogP contribution in [0.15, 0.2) is 67.1 Å². The molecule has 2 aliphatic rings. The average molecular weight is 489 g/mol. The Hall–Kier alpha value is -3.37. The Balaban J connectivity index is 1.27. The van der Waals surface area contributed by atoms with Crippen molar-refractivity contribution in [3.05, 3.63) is 84.1 Å². The van der Waals surface area contributed by atoms with Crippen molar-refractivity contribution in [2.75, 3.05) is 0 Å². The Bertz CT molecular complexity index is 1380. The standard InChI is InChI=1S/C27H28N4O5/c1-16-18-12-13-31(25(18)29-15-28-16)26-24-23(35-27(2,3)36-24)22(34-26)21(32)19-10-7-11-20(30-19)33-14-17-8-5-4-6-9-17/h4-13,15,21-24,26,32H,14H2,1-3H3/t21-,22-,23-,24-,26-/m1/s1. The number of aliphatic hydroxyl groups excluding tert-OH is 1. The fraction of sp³-hybridized carbons (Fsp3) is 0.370. The fourth-order valence-electron chi connectivity index (χ4n) is 4.96. The summed E-state index contributed by atoms with van der Waals surface area (Å²) in [7, 11) is 0. The lowest BCUT2D eigenvalue weighted by Crippen LogP contribution is -2.34. The number of aryl methyl sites for hydroxylation is 1. The van der Waals surface area contributed by atoms with Gasteiger partial charge in [-0.2, -0.15) is 0 Å². The second kappa shape index (κ2) is 8.94. The molecular formula is C27H28N4O5. The number of fused-ring (bicyclic) bond motifs is 2. The van der Waals surface area contributed by atoms with E-state index in [0.717, 1.165) is 22.3 Å². The summed E-state index contributed by atoms with van der Waals surface area (Å²) >= 11 is 0. The fourth-order valence-corrected chi connectivity index (χ4v) is 4.96. The molecule has 0 spiro atoms. The lowest BCUT2D eigenvalue weighted by molar-refractivity contribution is -0.207. The van der Waals surface area contributed by atoms with Crippen LogP contribution in [0.3, 0.4) is 0 Å². The van der Waals surface area contributed by atoms with Crippen LogP contribution in [0, 0.1) is 6.92 Å². The number of nitrogens with zero attached hydrogens (tertiary/aromatic N) is 4. The highest BCUT2D eigenvalue weighted by molar-refractivity contribution is 5.78. The van der Waals surface area contributed by atoms with Gasteiger partial charge in [-0.3, -0.25) is 0 Å². The maximum atomic E-state index is 11.4. The molecule has 0 radical (unpaired) electrons. The Morgan fingerprint density at radius 3 is 2.67 bits per heavy atom. The molecule has 9 nitrogen and oxygen atoms in total. The lowest BCUT2D eigenvalue weighted by Gasteiger charge is -2.27. The minimum Gasteiger partial charge on any atom is -0.473 e. The number of pyridine rings is 1. The Morgan fingerprint density at radius 1 is 1.03 bits per heavy atom. The topological polar surface area (TPSA) is 101 Å². The van der Waals surface area contributed by atoms with E-state index in [4.69, 9.17) is 18.9 Å². The van der Waals surface area contributed by atoms with E-state index in [1.165, 1.54) is 6.33 Å². The van der Waals surface area contributed by atoms with Gasteiger partial charge in [0.2, 0.25) is 5.88 Å². The molecule has 3 aromatic heterocycles. The second-order valence-corrected chi connectivity index (χ2v) is 9.60. The van der Waals surface area contributed by atoms with E-state index in [0.29, 0.717) is 18.2 Å². The number of hydrogen-bond acceptors (Lipinski definition) is 8. The first-order valence-electron chi connectivity index (χ1n) is 12.0. The molecule has 0 aliphatic carbocycles. The highest BCUT2D eigenvalue weighted by Crippen LogP contribution is 2.47. The first-order chi connectivity index (χ1) is 17.4. The summed E-state index contributed by atoms with van der Waals surface area (Å²) in [5.74, 6) is -0.397. The number of ether oxygens (including phenoxy) is 4. The zero-order valence-corrected chi connectivity index (χ0v) is 20.3. The van der Waals surface area contributed by atoms with Crippen molar-refractivity contribution in [1.82, 2.24) is 19.5 Å². The van der Waals surface area contributed by atoms with Crippen molar-refractivity contribution in [2.24, 2.45) is 0 Å². The van der Waals surface area contributed by atoms with Crippen LogP contribution in [0.25, 0.3) is 11.0 Å². The van der Waals surface area contributed by atoms with E-state index in [2.05, 4.69) is 15.0 Å². The van der Waals surface area contributed by atoms with Crippen LogP contribution in [0.2, 0.25) is 0 Å². The molecule has 2 saturated heterocycles. The van der Waals surface area contributed by atoms with E-state index in [1.54, 1.807) is 12.1 Å². The summed E-state index contributed by atoms with van der Waals surface area (Å²) < 4.78 is 26.7. The lowest BCUT2D eigenvalue weighted by atomic mass is 10.0. The molecular weight excluding hydrogens is 460 g/mol. The van der Waals surface area contributed by atoms with Crippen LogP contribution >= 0.6 is 0 Å². The van der Waals surface area contributed by atoms with E-state index in [9.17, 15) is 5.11 Å². The molecule has 6 rings (SSSR count). The number of benzene rings is 1. The van der Waals surface area contributed by atoms with Crippen molar-refractivity contribution in [3.63, 3.8) is 0 Å². The Morgan fingerprint density at radius 2 is 1.83 bits per heavy atom. The van der Waals surface area contributed by atoms with Gasteiger partial charge in [0.15, 0.2) is 12.0 Å². The molecule has 2 fully saturated rings. The predicted octanol–water partition coefficient (Wildman–Crippen LogP) is 3.86. The molecule has 5 heterocycles. The van der Waals surface area contributed by atoms with Crippen LogP contribution in [-0.4, -0.2) is 48.7 Å². The molecule has 0 saturated carbocycles. The smallest absolute Gasteiger partial charge is 0.213 e. The third kappa shape index (κ3) is 4.14. The summed E-state index contributed by atoms with van der Waals surface area (Å²) in [4.78, 5) is 13.3. The van der Waals surface area contributed by atoms with Crippen molar-refractivity contribution < 1.29 is 24.1 Å². The molecule has 1 aromatic carbocycles. The molecule has 2 aliphatic heterocycles. The van der Waals surface area contributed by atoms with Gasteiger partial charge in [-0.05, 0) is 38.5 Å². The molecule has 4 aromatic rings. The maximum Gasteiger partial charge on any atom is 0.213 e. The monoisotopic (exact) mass is 488 g/mol. The van der Waals surface area contributed by atoms with Gasteiger partial charge in [0.1, 0.15) is 43.0 Å². The van der Waals surface area contributed by atoms with Crippen LogP contribution < -0.4 is 4.74 Å². The van der Waals surface area contributed by atoms with Crippen LogP contribution in [0.5, 0.6) is 5.88 Å². The quantitative estimate of drug-likeness (QED) is 0.437. The largest absolute Gasteiger partial charge is 0.473 e. The Kier molecular flexibility index (Phi) is 5.72. The van der Waals surface area contributed by atoms with Crippen molar-refractivity contribution in [2.45, 2.75) is 63.8 Å². The number of aliphatic hydroxyl groups is 1. The van der Waals surface area contributed by atoms with E-state index in [-0.39, 0.29) is 0 Å². The van der Waals surface area contributed by atoms with Gasteiger partial charge in [0, 0.05) is 17.6 Å². The van der Waals surface area contributed by atoms with Gasteiger partial charge in [-0.1, -0.05) is 36.4 Å². The van der Waals surface area contributed by atoms with E-state index < -0.39 is 36.4 Å². The highest BCUT2D eigenvalue weighted by Gasteiger charge is 2.58. The molecule has 0 bridgehead atoms. The van der Waals surface area contributed by atoms with Gasteiger partial charge in [-0.25, -0.2) is 15.0 Å². The van der Waals surface area contributed by atoms with E-state index >= 15 is 0 Å². The SMILES string of the molecule is Cc1ncnc2c1ccn2[C@@H]1O[C@H]([C@H](O)c2cccc(OCc3ccccc3)n2)[C@H]2OC(C)(C)O[C@H]21. The summed E-state index contributed by atoms with van der Waals surface area (Å²) in [6.45, 7) is 6.05. The minimum absolute atomic E-state index is 0.382. The maximum absolute atomic E-state index is 11.4. The molecule has 1 N–H and O–H groups in total. The molecule has 5 atom stereocenters. The van der Waals surface area contributed by atoms with Crippen LogP contribution in [0.4, 0.5) is 0 Å². The van der Waals surface area contributed by atoms with Gasteiger partial charge < -0.3 is 28.6 Å². The van der Waals surface area contributed by atoms with Crippen LogP contribution in [0.1, 0.15) is 43.1 Å². The Labute approximate surface area is 208 Å². The zero-order valence-electron chi connectivity index (χ0n) is 20.3. The van der Waals surface area contributed by atoms with E-state index in [1.807, 2.05) is 74.0 Å². The molecule has 36 heavy (non-hydrogen) atoms. The molecule has 0 unspecified atom stereocenters. The summed E-state index contributed by atoms with van der Waals surface area (Å²) in [5.41, 5.74) is 3.09. The number of aromatic nitrogens is 4. The highest BCUT2D eigenvalue weighted by atomic mass is 16.8. The summed E-state index contributed by atoms with van der Waals surface area (Å²) in [5, 5.41) is 12.3.